The molecule has 2 N–H and O–H groups in total. The van der Waals surface area contributed by atoms with Crippen molar-refractivity contribution in [2.45, 2.75) is 19.8 Å². The van der Waals surface area contributed by atoms with Gasteiger partial charge in [-0.2, -0.15) is 5.10 Å². The number of pyridine rings is 1. The number of benzene rings is 1. The molecule has 0 bridgehead atoms. The Morgan fingerprint density at radius 3 is 2.52 bits per heavy atom. The number of nitrogens with one attached hydrogen (secondary N) is 2. The highest BCUT2D eigenvalue weighted by Gasteiger charge is 2.25. The minimum atomic E-state index is 0.0284. The molecule has 3 aromatic rings. The summed E-state index contributed by atoms with van der Waals surface area (Å²) >= 11 is 0. The van der Waals surface area contributed by atoms with Crippen LogP contribution in [0, 0.1) is 12.8 Å². The molecule has 0 spiro atoms. The van der Waals surface area contributed by atoms with E-state index in [1.54, 1.807) is 0 Å². The molecular formula is C20H22N6O. The summed E-state index contributed by atoms with van der Waals surface area (Å²) in [7, 11) is 0. The van der Waals surface area contributed by atoms with Crippen molar-refractivity contribution in [1.29, 1.82) is 0 Å². The number of nitrogens with zero attached hydrogens (tertiary/aromatic N) is 4. The standard InChI is InChI=1S/C20H22N6O/c1-14-2-7-18(21-12-14)26-10-8-16(9-11-26)20(27)24-17-5-3-15(4-6-17)19-22-13-23-25-19/h2-7,12-13,16H,8-11H2,1H3,(H,24,27)(H,22,23,25). The number of carbonyl (C=O) groups excluding carboxylic acids is 1. The zero-order valence-corrected chi connectivity index (χ0v) is 15.2. The Morgan fingerprint density at radius 1 is 1.11 bits per heavy atom. The first-order chi connectivity index (χ1) is 13.2. The summed E-state index contributed by atoms with van der Waals surface area (Å²) < 4.78 is 0. The molecule has 1 amide bonds. The van der Waals surface area contributed by atoms with E-state index < -0.39 is 0 Å². The lowest BCUT2D eigenvalue weighted by Crippen LogP contribution is -2.38. The molecule has 7 nitrogen and oxygen atoms in total. The molecule has 1 fully saturated rings. The molecule has 4 rings (SSSR count). The zero-order valence-electron chi connectivity index (χ0n) is 15.2. The van der Waals surface area contributed by atoms with Crippen LogP contribution in [0.3, 0.4) is 0 Å². The van der Waals surface area contributed by atoms with Crippen molar-refractivity contribution in [2.24, 2.45) is 5.92 Å². The maximum Gasteiger partial charge on any atom is 0.227 e. The third kappa shape index (κ3) is 3.97. The van der Waals surface area contributed by atoms with Gasteiger partial charge in [-0.05, 0) is 55.7 Å². The molecule has 138 valence electrons. The Hall–Kier alpha value is -3.22. The van der Waals surface area contributed by atoms with E-state index in [1.165, 1.54) is 6.33 Å². The molecule has 0 unspecified atom stereocenters. The fourth-order valence-electron chi connectivity index (χ4n) is 3.32. The van der Waals surface area contributed by atoms with E-state index in [2.05, 4.69) is 36.4 Å². The summed E-state index contributed by atoms with van der Waals surface area (Å²) in [5, 5.41) is 9.70. The quantitative estimate of drug-likeness (QED) is 0.745. The van der Waals surface area contributed by atoms with Crippen molar-refractivity contribution >= 4 is 17.4 Å². The van der Waals surface area contributed by atoms with Crippen LogP contribution >= 0.6 is 0 Å². The summed E-state index contributed by atoms with van der Waals surface area (Å²) in [6.45, 7) is 3.72. The van der Waals surface area contributed by atoms with Gasteiger partial charge in [0, 0.05) is 36.5 Å². The van der Waals surface area contributed by atoms with Gasteiger partial charge in [0.2, 0.25) is 5.91 Å². The number of piperidine rings is 1. The van der Waals surface area contributed by atoms with Crippen LogP contribution < -0.4 is 10.2 Å². The minimum absolute atomic E-state index is 0.0284. The van der Waals surface area contributed by atoms with E-state index in [1.807, 2.05) is 43.5 Å². The molecule has 3 heterocycles. The minimum Gasteiger partial charge on any atom is -0.357 e. The highest BCUT2D eigenvalue weighted by molar-refractivity contribution is 5.92. The van der Waals surface area contributed by atoms with Gasteiger partial charge in [-0.3, -0.25) is 9.89 Å². The number of hydrogen-bond acceptors (Lipinski definition) is 5. The molecule has 0 saturated carbocycles. The van der Waals surface area contributed by atoms with E-state index in [4.69, 9.17) is 0 Å². The molecule has 0 radical (unpaired) electrons. The normalized spacial score (nSPS) is 14.9. The van der Waals surface area contributed by atoms with Gasteiger partial charge in [-0.15, -0.1) is 0 Å². The summed E-state index contributed by atoms with van der Waals surface area (Å²) in [6.07, 6.45) is 5.02. The van der Waals surface area contributed by atoms with Crippen LogP contribution in [0.2, 0.25) is 0 Å². The van der Waals surface area contributed by atoms with Crippen molar-refractivity contribution in [3.8, 4) is 11.4 Å². The molecule has 0 aliphatic carbocycles. The Bertz CT molecular complexity index is 881. The molecule has 7 heteroatoms. The summed E-state index contributed by atoms with van der Waals surface area (Å²) in [4.78, 5) is 23.4. The molecule has 1 aromatic carbocycles. The van der Waals surface area contributed by atoms with Gasteiger partial charge in [0.1, 0.15) is 12.1 Å². The lowest BCUT2D eigenvalue weighted by molar-refractivity contribution is -0.120. The van der Waals surface area contributed by atoms with Gasteiger partial charge < -0.3 is 10.2 Å². The summed E-state index contributed by atoms with van der Waals surface area (Å²) in [5.41, 5.74) is 2.89. The summed E-state index contributed by atoms with van der Waals surface area (Å²) in [5.74, 6) is 1.81. The number of anilines is 2. The topological polar surface area (TPSA) is 86.8 Å². The lowest BCUT2D eigenvalue weighted by Gasteiger charge is -2.32. The second kappa shape index (κ2) is 7.57. The molecule has 1 aliphatic rings. The SMILES string of the molecule is Cc1ccc(N2CCC(C(=O)Nc3ccc(-c4ncn[nH]4)cc3)CC2)nc1. The number of amides is 1. The number of hydrogen-bond donors (Lipinski definition) is 2. The van der Waals surface area contributed by atoms with E-state index in [0.29, 0.717) is 5.82 Å². The third-order valence-corrected chi connectivity index (χ3v) is 4.93. The van der Waals surface area contributed by atoms with Gasteiger partial charge in [-0.1, -0.05) is 6.07 Å². The Balaban J connectivity index is 1.32. The van der Waals surface area contributed by atoms with E-state index in [9.17, 15) is 4.79 Å². The van der Waals surface area contributed by atoms with Crippen molar-refractivity contribution in [1.82, 2.24) is 20.2 Å². The smallest absolute Gasteiger partial charge is 0.227 e. The lowest BCUT2D eigenvalue weighted by atomic mass is 9.95. The molecule has 1 aliphatic heterocycles. The average Bonchev–Trinajstić information content (AvgIpc) is 3.24. The van der Waals surface area contributed by atoms with Gasteiger partial charge >= 0.3 is 0 Å². The van der Waals surface area contributed by atoms with Crippen LogP contribution in [0.5, 0.6) is 0 Å². The highest BCUT2D eigenvalue weighted by atomic mass is 16.1. The Labute approximate surface area is 157 Å². The predicted molar refractivity (Wildman–Crippen MR) is 104 cm³/mol. The Kier molecular flexibility index (Phi) is 4.82. The van der Waals surface area contributed by atoms with Gasteiger partial charge in [0.25, 0.3) is 0 Å². The second-order valence-electron chi connectivity index (χ2n) is 6.86. The number of H-pyrrole nitrogens is 1. The predicted octanol–water partition coefficient (Wildman–Crippen LogP) is 3.03. The highest BCUT2D eigenvalue weighted by Crippen LogP contribution is 2.24. The van der Waals surface area contributed by atoms with Crippen molar-refractivity contribution in [3.05, 3.63) is 54.5 Å². The second-order valence-corrected chi connectivity index (χ2v) is 6.86. The molecule has 1 saturated heterocycles. The molecule has 2 aromatic heterocycles. The van der Waals surface area contributed by atoms with Gasteiger partial charge in [-0.25, -0.2) is 9.97 Å². The van der Waals surface area contributed by atoms with Crippen LogP contribution in [0.4, 0.5) is 11.5 Å². The fraction of sp³-hybridized carbons (Fsp3) is 0.300. The van der Waals surface area contributed by atoms with E-state index in [0.717, 1.165) is 48.6 Å². The number of carbonyl (C=O) groups is 1. The number of rotatable bonds is 4. The maximum absolute atomic E-state index is 12.6. The van der Waals surface area contributed by atoms with Gasteiger partial charge in [0.15, 0.2) is 5.82 Å². The van der Waals surface area contributed by atoms with Crippen molar-refractivity contribution in [3.63, 3.8) is 0 Å². The van der Waals surface area contributed by atoms with Crippen LogP contribution in [-0.2, 0) is 4.79 Å². The van der Waals surface area contributed by atoms with E-state index in [-0.39, 0.29) is 11.8 Å². The third-order valence-electron chi connectivity index (χ3n) is 4.93. The molecule has 0 atom stereocenters. The monoisotopic (exact) mass is 362 g/mol. The number of aromatic amines is 1. The number of aryl methyl sites for hydroxylation is 1. The first-order valence-corrected chi connectivity index (χ1v) is 9.13. The maximum atomic E-state index is 12.6. The van der Waals surface area contributed by atoms with Crippen LogP contribution in [0.25, 0.3) is 11.4 Å². The largest absolute Gasteiger partial charge is 0.357 e. The van der Waals surface area contributed by atoms with Crippen molar-refractivity contribution in [2.75, 3.05) is 23.3 Å². The Morgan fingerprint density at radius 2 is 1.89 bits per heavy atom. The zero-order chi connectivity index (χ0) is 18.6. The first kappa shape index (κ1) is 17.2. The van der Waals surface area contributed by atoms with Crippen LogP contribution in [-0.4, -0.2) is 39.2 Å². The fourth-order valence-corrected chi connectivity index (χ4v) is 3.32. The average molecular weight is 362 g/mol. The van der Waals surface area contributed by atoms with Gasteiger partial charge in [0.05, 0.1) is 0 Å². The van der Waals surface area contributed by atoms with Crippen LogP contribution in [0.15, 0.2) is 48.9 Å². The van der Waals surface area contributed by atoms with Crippen molar-refractivity contribution < 1.29 is 4.79 Å². The first-order valence-electron chi connectivity index (χ1n) is 9.13. The number of aromatic nitrogens is 4. The molecule has 27 heavy (non-hydrogen) atoms. The summed E-state index contributed by atoms with van der Waals surface area (Å²) in [6, 6.07) is 11.7. The van der Waals surface area contributed by atoms with Crippen LogP contribution in [0.1, 0.15) is 18.4 Å². The molecular weight excluding hydrogens is 340 g/mol. The van der Waals surface area contributed by atoms with E-state index >= 15 is 0 Å².